The molecule has 136 valence electrons. The summed E-state index contributed by atoms with van der Waals surface area (Å²) >= 11 is 5.94. The highest BCUT2D eigenvalue weighted by atomic mass is 35.5. The van der Waals surface area contributed by atoms with Gasteiger partial charge in [0.2, 0.25) is 6.10 Å². The molecule has 0 aromatic heterocycles. The SMILES string of the molecule is Cc1ccc(Cl)cc1NC(=O)[C@H](C)OC(=O)[C@H]1COc2ccccc2O1. The van der Waals surface area contributed by atoms with E-state index in [2.05, 4.69) is 5.32 Å². The van der Waals surface area contributed by atoms with E-state index in [1.807, 2.05) is 13.0 Å². The first-order valence-corrected chi connectivity index (χ1v) is 8.48. The van der Waals surface area contributed by atoms with Crippen molar-refractivity contribution in [2.45, 2.75) is 26.1 Å². The van der Waals surface area contributed by atoms with Gasteiger partial charge in [0.05, 0.1) is 0 Å². The molecule has 3 rings (SSSR count). The van der Waals surface area contributed by atoms with Crippen molar-refractivity contribution in [1.29, 1.82) is 0 Å². The van der Waals surface area contributed by atoms with Crippen LogP contribution in [0.1, 0.15) is 12.5 Å². The summed E-state index contributed by atoms with van der Waals surface area (Å²) in [5.41, 5.74) is 1.42. The van der Waals surface area contributed by atoms with E-state index in [1.54, 1.807) is 36.4 Å². The largest absolute Gasteiger partial charge is 0.485 e. The molecule has 1 aliphatic heterocycles. The van der Waals surface area contributed by atoms with Crippen LogP contribution < -0.4 is 14.8 Å². The third-order valence-electron chi connectivity index (χ3n) is 3.89. The molecule has 6 nitrogen and oxygen atoms in total. The van der Waals surface area contributed by atoms with E-state index in [9.17, 15) is 9.59 Å². The third-order valence-corrected chi connectivity index (χ3v) is 4.13. The van der Waals surface area contributed by atoms with Gasteiger partial charge in [-0.25, -0.2) is 4.79 Å². The highest BCUT2D eigenvalue weighted by Gasteiger charge is 2.31. The van der Waals surface area contributed by atoms with Crippen LogP contribution in [0.2, 0.25) is 5.02 Å². The number of amides is 1. The number of carbonyl (C=O) groups excluding carboxylic acids is 2. The van der Waals surface area contributed by atoms with Crippen molar-refractivity contribution >= 4 is 29.2 Å². The third kappa shape index (κ3) is 4.08. The molecule has 0 bridgehead atoms. The molecular formula is C19H18ClNO5. The number of hydrogen-bond donors (Lipinski definition) is 1. The summed E-state index contributed by atoms with van der Waals surface area (Å²) in [7, 11) is 0. The molecule has 7 heteroatoms. The number of anilines is 1. The van der Waals surface area contributed by atoms with Crippen LogP contribution in [-0.2, 0) is 14.3 Å². The van der Waals surface area contributed by atoms with Gasteiger partial charge in [0.15, 0.2) is 17.6 Å². The first-order valence-electron chi connectivity index (χ1n) is 8.10. The maximum absolute atomic E-state index is 12.3. The molecule has 0 spiro atoms. The van der Waals surface area contributed by atoms with Crippen LogP contribution in [0.3, 0.4) is 0 Å². The molecule has 1 heterocycles. The fraction of sp³-hybridized carbons (Fsp3) is 0.263. The lowest BCUT2D eigenvalue weighted by Crippen LogP contribution is -2.41. The maximum Gasteiger partial charge on any atom is 0.351 e. The molecule has 0 fully saturated rings. The fourth-order valence-corrected chi connectivity index (χ4v) is 2.57. The van der Waals surface area contributed by atoms with Gasteiger partial charge in [0.25, 0.3) is 5.91 Å². The Labute approximate surface area is 156 Å². The Balaban J connectivity index is 1.59. The van der Waals surface area contributed by atoms with Crippen molar-refractivity contribution in [2.24, 2.45) is 0 Å². The second-order valence-electron chi connectivity index (χ2n) is 5.89. The lowest BCUT2D eigenvalue weighted by molar-refractivity contribution is -0.162. The van der Waals surface area contributed by atoms with E-state index in [-0.39, 0.29) is 6.61 Å². The monoisotopic (exact) mass is 375 g/mol. The summed E-state index contributed by atoms with van der Waals surface area (Å²) in [6.07, 6.45) is -1.92. The van der Waals surface area contributed by atoms with Gasteiger partial charge in [-0.2, -0.15) is 0 Å². The molecule has 1 aliphatic rings. The Morgan fingerprint density at radius 1 is 1.23 bits per heavy atom. The molecule has 0 unspecified atom stereocenters. The van der Waals surface area contributed by atoms with E-state index in [0.717, 1.165) is 5.56 Å². The average molecular weight is 376 g/mol. The molecular weight excluding hydrogens is 358 g/mol. The van der Waals surface area contributed by atoms with Crippen molar-refractivity contribution in [2.75, 3.05) is 11.9 Å². The highest BCUT2D eigenvalue weighted by Crippen LogP contribution is 2.31. The normalized spacial score (nSPS) is 16.5. The summed E-state index contributed by atoms with van der Waals surface area (Å²) < 4.78 is 16.3. The number of ether oxygens (including phenoxy) is 3. The number of hydrogen-bond acceptors (Lipinski definition) is 5. The number of nitrogens with one attached hydrogen (secondary N) is 1. The van der Waals surface area contributed by atoms with Gasteiger partial charge < -0.3 is 19.5 Å². The smallest absolute Gasteiger partial charge is 0.351 e. The molecule has 26 heavy (non-hydrogen) atoms. The molecule has 0 saturated carbocycles. The minimum atomic E-state index is -0.998. The molecule has 2 aromatic rings. The topological polar surface area (TPSA) is 73.9 Å². The summed E-state index contributed by atoms with van der Waals surface area (Å²) in [6.45, 7) is 3.36. The summed E-state index contributed by atoms with van der Waals surface area (Å²) in [5.74, 6) is -0.0862. The average Bonchev–Trinajstić information content (AvgIpc) is 2.64. The Kier molecular flexibility index (Phi) is 5.32. The van der Waals surface area contributed by atoms with Crippen molar-refractivity contribution in [3.8, 4) is 11.5 Å². The minimum Gasteiger partial charge on any atom is -0.485 e. The van der Waals surface area contributed by atoms with Gasteiger partial charge in [-0.05, 0) is 43.7 Å². The number of fused-ring (bicyclic) bond motifs is 1. The number of rotatable bonds is 4. The van der Waals surface area contributed by atoms with Crippen LogP contribution in [0, 0.1) is 6.92 Å². The lowest BCUT2D eigenvalue weighted by Gasteiger charge is -2.26. The number of carbonyl (C=O) groups is 2. The second kappa shape index (κ2) is 7.66. The Hall–Kier alpha value is -2.73. The van der Waals surface area contributed by atoms with Crippen molar-refractivity contribution in [3.05, 3.63) is 53.1 Å². The molecule has 0 aliphatic carbocycles. The lowest BCUT2D eigenvalue weighted by atomic mass is 10.2. The summed E-state index contributed by atoms with van der Waals surface area (Å²) in [5, 5.41) is 3.20. The number of halogens is 1. The van der Waals surface area contributed by atoms with Crippen LogP contribution in [0.5, 0.6) is 11.5 Å². The first kappa shape index (κ1) is 18.1. The maximum atomic E-state index is 12.3. The first-order chi connectivity index (χ1) is 12.4. The van der Waals surface area contributed by atoms with Crippen molar-refractivity contribution in [1.82, 2.24) is 0 Å². The number of para-hydroxylation sites is 2. The quantitative estimate of drug-likeness (QED) is 0.829. The van der Waals surface area contributed by atoms with Crippen LogP contribution in [0.4, 0.5) is 5.69 Å². The van der Waals surface area contributed by atoms with Gasteiger partial charge in [-0.15, -0.1) is 0 Å². The number of esters is 1. The predicted molar refractivity (Wildman–Crippen MR) is 96.7 cm³/mol. The van der Waals surface area contributed by atoms with Gasteiger partial charge in [-0.1, -0.05) is 29.8 Å². The Morgan fingerprint density at radius 2 is 1.96 bits per heavy atom. The molecule has 0 saturated heterocycles. The predicted octanol–water partition coefficient (Wildman–Crippen LogP) is 3.36. The van der Waals surface area contributed by atoms with Crippen molar-refractivity contribution in [3.63, 3.8) is 0 Å². The van der Waals surface area contributed by atoms with Crippen LogP contribution in [0.25, 0.3) is 0 Å². The molecule has 2 atom stereocenters. The van der Waals surface area contributed by atoms with Gasteiger partial charge in [-0.3, -0.25) is 4.79 Å². The van der Waals surface area contributed by atoms with Gasteiger partial charge in [0, 0.05) is 10.7 Å². The summed E-state index contributed by atoms with van der Waals surface area (Å²) in [4.78, 5) is 24.6. The zero-order chi connectivity index (χ0) is 18.7. The fourth-order valence-electron chi connectivity index (χ4n) is 2.40. The van der Waals surface area contributed by atoms with E-state index < -0.39 is 24.1 Å². The molecule has 2 aromatic carbocycles. The van der Waals surface area contributed by atoms with Gasteiger partial charge in [0.1, 0.15) is 6.61 Å². The zero-order valence-electron chi connectivity index (χ0n) is 14.3. The van der Waals surface area contributed by atoms with Gasteiger partial charge >= 0.3 is 5.97 Å². The standard InChI is InChI=1S/C19H18ClNO5/c1-11-7-8-13(20)9-14(11)21-18(22)12(2)25-19(23)17-10-24-15-5-3-4-6-16(15)26-17/h3-9,12,17H,10H2,1-2H3,(H,21,22)/t12-,17+/m0/s1. The number of aryl methyl sites for hydroxylation is 1. The molecule has 1 amide bonds. The molecule has 1 N–H and O–H groups in total. The minimum absolute atomic E-state index is 0.0254. The highest BCUT2D eigenvalue weighted by molar-refractivity contribution is 6.31. The summed E-state index contributed by atoms with van der Waals surface area (Å²) in [6, 6.07) is 12.2. The van der Waals surface area contributed by atoms with Crippen LogP contribution >= 0.6 is 11.6 Å². The molecule has 0 radical (unpaired) electrons. The Morgan fingerprint density at radius 3 is 2.73 bits per heavy atom. The van der Waals surface area contributed by atoms with E-state index in [4.69, 9.17) is 25.8 Å². The Bertz CT molecular complexity index is 838. The van der Waals surface area contributed by atoms with E-state index in [0.29, 0.717) is 22.2 Å². The van der Waals surface area contributed by atoms with Crippen LogP contribution in [0.15, 0.2) is 42.5 Å². The van der Waals surface area contributed by atoms with E-state index in [1.165, 1.54) is 6.92 Å². The van der Waals surface area contributed by atoms with Crippen molar-refractivity contribution < 1.29 is 23.8 Å². The second-order valence-corrected chi connectivity index (χ2v) is 6.33. The number of benzene rings is 2. The van der Waals surface area contributed by atoms with Crippen LogP contribution in [-0.4, -0.2) is 30.7 Å². The van der Waals surface area contributed by atoms with E-state index >= 15 is 0 Å². The zero-order valence-corrected chi connectivity index (χ0v) is 15.1.